The van der Waals surface area contributed by atoms with Crippen LogP contribution in [0.15, 0.2) is 27.3 Å². The molecule has 2 N–H and O–H groups in total. The fourth-order valence-corrected chi connectivity index (χ4v) is 2.28. The van der Waals surface area contributed by atoms with Crippen LogP contribution in [0.3, 0.4) is 0 Å². The lowest BCUT2D eigenvalue weighted by atomic mass is 9.91. The van der Waals surface area contributed by atoms with Gasteiger partial charge in [0.2, 0.25) is 5.91 Å². The van der Waals surface area contributed by atoms with Crippen LogP contribution in [0.1, 0.15) is 18.6 Å². The Morgan fingerprint density at radius 2 is 2.21 bits per heavy atom. The van der Waals surface area contributed by atoms with E-state index in [4.69, 9.17) is 9.15 Å². The number of furan rings is 1. The molecule has 0 unspecified atom stereocenters. The van der Waals surface area contributed by atoms with Crippen LogP contribution in [0.25, 0.3) is 6.08 Å². The maximum atomic E-state index is 11.9. The highest BCUT2D eigenvalue weighted by Crippen LogP contribution is 2.20. The monoisotopic (exact) mass is 329 g/mol. The van der Waals surface area contributed by atoms with Gasteiger partial charge in [0.1, 0.15) is 5.76 Å². The number of carbonyl (C=O) groups is 1. The van der Waals surface area contributed by atoms with E-state index in [9.17, 15) is 9.90 Å². The van der Waals surface area contributed by atoms with Crippen LogP contribution in [0.5, 0.6) is 0 Å². The molecule has 0 bridgehead atoms. The van der Waals surface area contributed by atoms with Crippen molar-refractivity contribution in [3.8, 4) is 0 Å². The topological polar surface area (TPSA) is 71.7 Å². The van der Waals surface area contributed by atoms with Crippen LogP contribution in [-0.2, 0) is 9.53 Å². The van der Waals surface area contributed by atoms with Gasteiger partial charge in [0.15, 0.2) is 4.67 Å². The maximum Gasteiger partial charge on any atom is 0.244 e. The minimum Gasteiger partial charge on any atom is -0.450 e. The van der Waals surface area contributed by atoms with E-state index in [2.05, 4.69) is 21.2 Å². The predicted octanol–water partition coefficient (Wildman–Crippen LogP) is 1.71. The highest BCUT2D eigenvalue weighted by Gasteiger charge is 2.32. The van der Waals surface area contributed by atoms with Crippen molar-refractivity contribution in [2.45, 2.75) is 18.4 Å². The van der Waals surface area contributed by atoms with Crippen LogP contribution in [0.2, 0.25) is 0 Å². The van der Waals surface area contributed by atoms with E-state index in [1.165, 1.54) is 6.08 Å². The first kappa shape index (κ1) is 14.3. The van der Waals surface area contributed by atoms with Crippen LogP contribution in [0.4, 0.5) is 0 Å². The summed E-state index contributed by atoms with van der Waals surface area (Å²) in [4.78, 5) is 11.9. The van der Waals surface area contributed by atoms with E-state index >= 15 is 0 Å². The molecule has 0 atom stereocenters. The summed E-state index contributed by atoms with van der Waals surface area (Å²) in [6, 6.07) is 3.51. The number of carbonyl (C=O) groups excluding carboxylic acids is 1. The Hall–Kier alpha value is -1.11. The fraction of sp³-hybridized carbons (Fsp3) is 0.462. The van der Waals surface area contributed by atoms with Gasteiger partial charge in [0.25, 0.3) is 0 Å². The first-order valence-electron chi connectivity index (χ1n) is 6.08. The van der Waals surface area contributed by atoms with Gasteiger partial charge in [-0.05, 0) is 47.0 Å². The molecule has 1 aliphatic heterocycles. The number of hydrogen-bond donors (Lipinski definition) is 2. The van der Waals surface area contributed by atoms with Gasteiger partial charge in [0.05, 0.1) is 12.1 Å². The zero-order chi connectivity index (χ0) is 13.7. The average molecular weight is 330 g/mol. The molecule has 104 valence electrons. The summed E-state index contributed by atoms with van der Waals surface area (Å²) >= 11 is 3.19. The molecular weight excluding hydrogens is 314 g/mol. The van der Waals surface area contributed by atoms with Crippen molar-refractivity contribution >= 4 is 27.9 Å². The van der Waals surface area contributed by atoms with Gasteiger partial charge in [-0.15, -0.1) is 0 Å². The number of aliphatic hydroxyl groups excluding tert-OH is 1. The molecule has 0 radical (unpaired) electrons. The molecule has 1 fully saturated rings. The second-order valence-electron chi connectivity index (χ2n) is 4.52. The van der Waals surface area contributed by atoms with E-state index in [0.29, 0.717) is 36.5 Å². The van der Waals surface area contributed by atoms with E-state index in [1.54, 1.807) is 18.2 Å². The van der Waals surface area contributed by atoms with Gasteiger partial charge < -0.3 is 19.6 Å². The van der Waals surface area contributed by atoms with Crippen LogP contribution in [0, 0.1) is 0 Å². The SMILES string of the molecule is O=C(/C=C/c1ccc(Br)o1)NC1(CO)CCOCC1. The Labute approximate surface area is 119 Å². The van der Waals surface area contributed by atoms with Crippen molar-refractivity contribution < 1.29 is 19.1 Å². The van der Waals surface area contributed by atoms with Crippen molar-refractivity contribution in [3.63, 3.8) is 0 Å². The van der Waals surface area contributed by atoms with Crippen molar-refractivity contribution in [2.75, 3.05) is 19.8 Å². The Bertz CT molecular complexity index is 463. The van der Waals surface area contributed by atoms with E-state index in [0.717, 1.165) is 0 Å². The first-order chi connectivity index (χ1) is 9.13. The lowest BCUT2D eigenvalue weighted by Crippen LogP contribution is -2.54. The molecule has 1 aromatic rings. The quantitative estimate of drug-likeness (QED) is 0.825. The third kappa shape index (κ3) is 3.92. The number of ether oxygens (including phenoxy) is 1. The average Bonchev–Trinajstić information content (AvgIpc) is 2.83. The Kier molecular flexibility index (Phi) is 4.79. The molecule has 0 aromatic carbocycles. The number of rotatable bonds is 4. The van der Waals surface area contributed by atoms with Crippen molar-refractivity contribution in [1.82, 2.24) is 5.32 Å². The fourth-order valence-electron chi connectivity index (χ4n) is 1.96. The summed E-state index contributed by atoms with van der Waals surface area (Å²) in [6.07, 6.45) is 4.23. The molecule has 1 amide bonds. The molecule has 1 saturated heterocycles. The van der Waals surface area contributed by atoms with Crippen molar-refractivity contribution in [3.05, 3.63) is 28.6 Å². The smallest absolute Gasteiger partial charge is 0.244 e. The summed E-state index contributed by atoms with van der Waals surface area (Å²) in [5.41, 5.74) is -0.566. The minimum absolute atomic E-state index is 0.0811. The van der Waals surface area contributed by atoms with E-state index in [-0.39, 0.29) is 12.5 Å². The number of nitrogens with one attached hydrogen (secondary N) is 1. The molecule has 2 heterocycles. The van der Waals surface area contributed by atoms with Crippen molar-refractivity contribution in [1.29, 1.82) is 0 Å². The molecule has 0 aliphatic carbocycles. The molecule has 1 aromatic heterocycles. The van der Waals surface area contributed by atoms with Gasteiger partial charge in [-0.1, -0.05) is 0 Å². The minimum atomic E-state index is -0.566. The van der Waals surface area contributed by atoms with Gasteiger partial charge in [0, 0.05) is 19.3 Å². The molecule has 2 rings (SSSR count). The highest BCUT2D eigenvalue weighted by molar-refractivity contribution is 9.10. The highest BCUT2D eigenvalue weighted by atomic mass is 79.9. The second-order valence-corrected chi connectivity index (χ2v) is 5.30. The predicted molar refractivity (Wildman–Crippen MR) is 73.5 cm³/mol. The summed E-state index contributed by atoms with van der Waals surface area (Å²) < 4.78 is 11.1. The van der Waals surface area contributed by atoms with E-state index in [1.807, 2.05) is 0 Å². The van der Waals surface area contributed by atoms with Crippen LogP contribution in [-0.4, -0.2) is 36.4 Å². The molecule has 0 saturated carbocycles. The van der Waals surface area contributed by atoms with Gasteiger partial charge in [-0.2, -0.15) is 0 Å². The second kappa shape index (κ2) is 6.36. The Morgan fingerprint density at radius 1 is 1.47 bits per heavy atom. The summed E-state index contributed by atoms with van der Waals surface area (Å²) in [6.45, 7) is 1.02. The maximum absolute atomic E-state index is 11.9. The third-order valence-corrected chi connectivity index (χ3v) is 3.56. The molecule has 5 nitrogen and oxygen atoms in total. The lowest BCUT2D eigenvalue weighted by molar-refractivity contribution is -0.120. The summed E-state index contributed by atoms with van der Waals surface area (Å²) in [5, 5.41) is 12.3. The normalized spacial score (nSPS) is 18.6. The molecule has 0 spiro atoms. The summed E-state index contributed by atoms with van der Waals surface area (Å²) in [5.74, 6) is 0.343. The van der Waals surface area contributed by atoms with Crippen molar-refractivity contribution in [2.24, 2.45) is 0 Å². The lowest BCUT2D eigenvalue weighted by Gasteiger charge is -2.35. The number of halogens is 1. The first-order valence-corrected chi connectivity index (χ1v) is 6.87. The van der Waals surface area contributed by atoms with Gasteiger partial charge in [-0.25, -0.2) is 0 Å². The molecular formula is C13H16BrNO4. The summed E-state index contributed by atoms with van der Waals surface area (Å²) in [7, 11) is 0. The zero-order valence-corrected chi connectivity index (χ0v) is 12.0. The third-order valence-electron chi connectivity index (χ3n) is 3.13. The molecule has 19 heavy (non-hydrogen) atoms. The number of hydrogen-bond acceptors (Lipinski definition) is 4. The standard InChI is InChI=1S/C13H16BrNO4/c14-11-3-1-10(19-11)2-4-12(17)15-13(9-16)5-7-18-8-6-13/h1-4,16H,5-9H2,(H,15,17)/b4-2+. The molecule has 6 heteroatoms. The largest absolute Gasteiger partial charge is 0.450 e. The number of aliphatic hydroxyl groups is 1. The van der Waals surface area contributed by atoms with Crippen LogP contribution < -0.4 is 5.32 Å². The van der Waals surface area contributed by atoms with E-state index < -0.39 is 5.54 Å². The Balaban J connectivity index is 1.94. The van der Waals surface area contributed by atoms with Crippen LogP contribution >= 0.6 is 15.9 Å². The van der Waals surface area contributed by atoms with Gasteiger partial charge >= 0.3 is 0 Å². The zero-order valence-electron chi connectivity index (χ0n) is 10.4. The molecule has 1 aliphatic rings. The van der Waals surface area contributed by atoms with Gasteiger partial charge in [-0.3, -0.25) is 4.79 Å². The number of amides is 1. The Morgan fingerprint density at radius 3 is 2.79 bits per heavy atom.